The lowest BCUT2D eigenvalue weighted by atomic mass is 10.1. The highest BCUT2D eigenvalue weighted by Gasteiger charge is 2.11. The normalized spacial score (nSPS) is 10.5. The molecule has 1 heterocycles. The Balaban J connectivity index is 1.66. The van der Waals surface area contributed by atoms with Gasteiger partial charge in [0.2, 0.25) is 5.89 Å². The summed E-state index contributed by atoms with van der Waals surface area (Å²) in [4.78, 5) is 4.43. The first kappa shape index (κ1) is 16.8. The number of nitrogens with zero attached hydrogens (tertiary/aromatic N) is 2. The van der Waals surface area contributed by atoms with Gasteiger partial charge in [0.15, 0.2) is 17.3 Å². The van der Waals surface area contributed by atoms with Crippen LogP contribution in [0.25, 0.3) is 0 Å². The molecule has 3 aromatic rings. The van der Waals surface area contributed by atoms with Gasteiger partial charge in [0.25, 0.3) is 0 Å². The summed E-state index contributed by atoms with van der Waals surface area (Å²) in [6, 6.07) is 13.9. The van der Waals surface area contributed by atoms with E-state index in [0.717, 1.165) is 16.8 Å². The smallest absolute Gasteiger partial charge is 0.245 e. The molecule has 0 spiro atoms. The highest BCUT2D eigenvalue weighted by molar-refractivity contribution is 5.60. The van der Waals surface area contributed by atoms with Gasteiger partial charge in [-0.15, -0.1) is 0 Å². The van der Waals surface area contributed by atoms with Crippen molar-refractivity contribution >= 4 is 5.69 Å². The summed E-state index contributed by atoms with van der Waals surface area (Å²) in [6.45, 7) is 2.44. The van der Waals surface area contributed by atoms with Crippen LogP contribution in [0.3, 0.4) is 0 Å². The van der Waals surface area contributed by atoms with Crippen molar-refractivity contribution in [1.82, 2.24) is 10.1 Å². The fourth-order valence-electron chi connectivity index (χ4n) is 2.55. The van der Waals surface area contributed by atoms with E-state index in [-0.39, 0.29) is 0 Å². The molecule has 0 aliphatic heterocycles. The second-order valence-corrected chi connectivity index (χ2v) is 5.64. The van der Waals surface area contributed by atoms with Crippen molar-refractivity contribution in [1.29, 1.82) is 0 Å². The Kier molecular flexibility index (Phi) is 5.18. The summed E-state index contributed by atoms with van der Waals surface area (Å²) in [5, 5.41) is 7.34. The summed E-state index contributed by atoms with van der Waals surface area (Å²) in [5.74, 6) is 2.59. The van der Waals surface area contributed by atoms with Crippen LogP contribution in [0.1, 0.15) is 22.8 Å². The first-order valence-corrected chi connectivity index (χ1v) is 8.01. The van der Waals surface area contributed by atoms with Crippen LogP contribution in [0.2, 0.25) is 0 Å². The number of aromatic nitrogens is 2. The molecule has 1 aromatic heterocycles. The number of hydrogen-bond acceptors (Lipinski definition) is 6. The van der Waals surface area contributed by atoms with Gasteiger partial charge in [-0.25, -0.2) is 0 Å². The Hall–Kier alpha value is -3.02. The van der Waals surface area contributed by atoms with Crippen LogP contribution in [0.4, 0.5) is 5.69 Å². The highest BCUT2D eigenvalue weighted by Crippen LogP contribution is 2.33. The van der Waals surface area contributed by atoms with E-state index in [9.17, 15) is 0 Å². The standard InChI is InChI=1S/C19H21N3O3/c1-13-9-16(23-2)17(24-3)11-15(13)20-12-19-21-18(22-25-19)10-14-7-5-4-6-8-14/h4-9,11,20H,10,12H2,1-3H3. The van der Waals surface area contributed by atoms with E-state index in [4.69, 9.17) is 14.0 Å². The van der Waals surface area contributed by atoms with Crippen LogP contribution in [0, 0.1) is 6.92 Å². The number of methoxy groups -OCH3 is 2. The molecule has 6 heteroatoms. The SMILES string of the molecule is COc1cc(C)c(NCc2nc(Cc3ccccc3)no2)cc1OC. The summed E-state index contributed by atoms with van der Waals surface area (Å²) in [6.07, 6.45) is 0.653. The molecule has 0 aliphatic rings. The maximum Gasteiger partial charge on any atom is 0.245 e. The second kappa shape index (κ2) is 7.70. The quantitative estimate of drug-likeness (QED) is 0.709. The molecule has 0 radical (unpaired) electrons. The van der Waals surface area contributed by atoms with E-state index < -0.39 is 0 Å². The predicted octanol–water partition coefficient (Wildman–Crippen LogP) is 3.60. The van der Waals surface area contributed by atoms with E-state index >= 15 is 0 Å². The lowest BCUT2D eigenvalue weighted by Gasteiger charge is -2.13. The molecule has 3 rings (SSSR count). The monoisotopic (exact) mass is 339 g/mol. The van der Waals surface area contributed by atoms with Gasteiger partial charge in [0.1, 0.15) is 0 Å². The van der Waals surface area contributed by atoms with Gasteiger partial charge in [-0.2, -0.15) is 4.98 Å². The van der Waals surface area contributed by atoms with E-state index in [1.807, 2.05) is 49.4 Å². The van der Waals surface area contributed by atoms with Gasteiger partial charge < -0.3 is 19.3 Å². The number of rotatable bonds is 7. The lowest BCUT2D eigenvalue weighted by Crippen LogP contribution is -2.03. The van der Waals surface area contributed by atoms with E-state index in [1.54, 1.807) is 14.2 Å². The Morgan fingerprint density at radius 3 is 2.48 bits per heavy atom. The van der Waals surface area contributed by atoms with Gasteiger partial charge in [-0.3, -0.25) is 0 Å². The molecule has 25 heavy (non-hydrogen) atoms. The molecule has 0 saturated carbocycles. The largest absolute Gasteiger partial charge is 0.493 e. The van der Waals surface area contributed by atoms with Crippen LogP contribution < -0.4 is 14.8 Å². The first-order valence-electron chi connectivity index (χ1n) is 8.01. The summed E-state index contributed by atoms with van der Waals surface area (Å²) in [7, 11) is 3.24. The van der Waals surface area contributed by atoms with Crippen molar-refractivity contribution in [2.24, 2.45) is 0 Å². The maximum absolute atomic E-state index is 5.34. The zero-order valence-corrected chi connectivity index (χ0v) is 14.6. The van der Waals surface area contributed by atoms with Crippen molar-refractivity contribution in [3.05, 3.63) is 65.3 Å². The molecule has 1 N–H and O–H groups in total. The third-order valence-corrected chi connectivity index (χ3v) is 3.88. The van der Waals surface area contributed by atoms with Crippen LogP contribution >= 0.6 is 0 Å². The minimum atomic E-state index is 0.443. The van der Waals surface area contributed by atoms with Crippen molar-refractivity contribution in [3.63, 3.8) is 0 Å². The number of benzene rings is 2. The third kappa shape index (κ3) is 4.09. The topological polar surface area (TPSA) is 69.4 Å². The summed E-state index contributed by atoms with van der Waals surface area (Å²) >= 11 is 0. The van der Waals surface area contributed by atoms with Crippen LogP contribution in [-0.2, 0) is 13.0 Å². The van der Waals surface area contributed by atoms with Gasteiger partial charge in [-0.1, -0.05) is 35.5 Å². The molecule has 0 amide bonds. The van der Waals surface area contributed by atoms with Crippen molar-refractivity contribution in [2.45, 2.75) is 19.9 Å². The van der Waals surface area contributed by atoms with Gasteiger partial charge in [-0.05, 0) is 24.1 Å². The van der Waals surface area contributed by atoms with Crippen LogP contribution in [-0.4, -0.2) is 24.4 Å². The summed E-state index contributed by atoms with van der Waals surface area (Å²) in [5.41, 5.74) is 3.13. The Morgan fingerprint density at radius 1 is 1.04 bits per heavy atom. The Morgan fingerprint density at radius 2 is 1.76 bits per heavy atom. The molecule has 0 aliphatic carbocycles. The molecule has 0 atom stereocenters. The van der Waals surface area contributed by atoms with E-state index in [0.29, 0.717) is 36.2 Å². The van der Waals surface area contributed by atoms with Crippen molar-refractivity contribution < 1.29 is 14.0 Å². The zero-order chi connectivity index (χ0) is 17.6. The molecular weight excluding hydrogens is 318 g/mol. The Labute approximate surface area is 146 Å². The van der Waals surface area contributed by atoms with Gasteiger partial charge >= 0.3 is 0 Å². The molecule has 0 unspecified atom stereocenters. The fourth-order valence-corrected chi connectivity index (χ4v) is 2.55. The predicted molar refractivity (Wildman–Crippen MR) is 95.2 cm³/mol. The average Bonchev–Trinajstić information content (AvgIpc) is 3.08. The second-order valence-electron chi connectivity index (χ2n) is 5.64. The molecule has 2 aromatic carbocycles. The van der Waals surface area contributed by atoms with Gasteiger partial charge in [0, 0.05) is 18.2 Å². The minimum Gasteiger partial charge on any atom is -0.493 e. The maximum atomic E-state index is 5.34. The van der Waals surface area contributed by atoms with Crippen molar-refractivity contribution in [3.8, 4) is 11.5 Å². The molecular formula is C19H21N3O3. The highest BCUT2D eigenvalue weighted by atomic mass is 16.5. The third-order valence-electron chi connectivity index (χ3n) is 3.88. The minimum absolute atomic E-state index is 0.443. The number of ether oxygens (including phenoxy) is 2. The molecule has 0 bridgehead atoms. The first-order chi connectivity index (χ1) is 12.2. The lowest BCUT2D eigenvalue weighted by molar-refractivity contribution is 0.355. The van der Waals surface area contributed by atoms with Crippen LogP contribution in [0.5, 0.6) is 11.5 Å². The number of nitrogens with one attached hydrogen (secondary N) is 1. The molecule has 130 valence electrons. The number of hydrogen-bond donors (Lipinski definition) is 1. The molecule has 0 saturated heterocycles. The fraction of sp³-hybridized carbons (Fsp3) is 0.263. The zero-order valence-electron chi connectivity index (χ0n) is 14.6. The summed E-state index contributed by atoms with van der Waals surface area (Å²) < 4.78 is 16.0. The average molecular weight is 339 g/mol. The van der Waals surface area contributed by atoms with Crippen molar-refractivity contribution in [2.75, 3.05) is 19.5 Å². The van der Waals surface area contributed by atoms with Crippen LogP contribution in [0.15, 0.2) is 47.0 Å². The van der Waals surface area contributed by atoms with E-state index in [1.165, 1.54) is 0 Å². The van der Waals surface area contributed by atoms with Gasteiger partial charge in [0.05, 0.1) is 20.8 Å². The molecule has 6 nitrogen and oxygen atoms in total. The van der Waals surface area contributed by atoms with E-state index in [2.05, 4.69) is 15.5 Å². The molecule has 0 fully saturated rings. The number of aryl methyl sites for hydroxylation is 1. The Bertz CT molecular complexity index is 831. The number of anilines is 1.